The molecule has 0 bridgehead atoms. The average Bonchev–Trinajstić information content (AvgIpc) is 2.50. The first-order valence-corrected chi connectivity index (χ1v) is 8.96. The second-order valence-electron chi connectivity index (χ2n) is 4.89. The molecule has 124 valence electrons. The molecule has 9 heteroatoms. The Morgan fingerprint density at radius 3 is 2.36 bits per heavy atom. The fourth-order valence-corrected chi connectivity index (χ4v) is 4.58. The van der Waals surface area contributed by atoms with E-state index in [1.54, 1.807) is 0 Å². The van der Waals surface area contributed by atoms with E-state index in [9.17, 15) is 8.42 Å². The number of rotatable bonds is 5. The molecule has 0 saturated carbocycles. The smallest absolute Gasteiger partial charge is 0.244 e. The van der Waals surface area contributed by atoms with Crippen molar-refractivity contribution in [3.63, 3.8) is 0 Å². The molecule has 0 spiro atoms. The first-order valence-electron chi connectivity index (χ1n) is 6.76. The third-order valence-electron chi connectivity index (χ3n) is 3.57. The maximum atomic E-state index is 12.7. The van der Waals surface area contributed by atoms with E-state index in [0.717, 1.165) is 0 Å². The molecule has 22 heavy (non-hydrogen) atoms. The number of sulfonamides is 1. The molecule has 1 N–H and O–H groups in total. The monoisotopic (exact) mass is 368 g/mol. The molecule has 1 aromatic carbocycles. The summed E-state index contributed by atoms with van der Waals surface area (Å²) in [4.78, 5) is 1.99. The molecule has 1 aliphatic rings. The number of aliphatic hydroxyl groups is 1. The predicted octanol–water partition coefficient (Wildman–Crippen LogP) is 1.30. The van der Waals surface area contributed by atoms with Crippen LogP contribution in [0.15, 0.2) is 17.0 Å². The van der Waals surface area contributed by atoms with Gasteiger partial charge in [0.15, 0.2) is 0 Å². The van der Waals surface area contributed by atoms with Gasteiger partial charge in [0.1, 0.15) is 10.6 Å². The van der Waals surface area contributed by atoms with Crippen molar-refractivity contribution in [1.29, 1.82) is 0 Å². The summed E-state index contributed by atoms with van der Waals surface area (Å²) in [6, 6.07) is 2.72. The quantitative estimate of drug-likeness (QED) is 0.847. The number of benzene rings is 1. The van der Waals surface area contributed by atoms with Crippen LogP contribution in [0.4, 0.5) is 0 Å². The number of halogens is 2. The van der Waals surface area contributed by atoms with Gasteiger partial charge in [-0.05, 0) is 6.07 Å². The zero-order valence-corrected chi connectivity index (χ0v) is 14.5. The van der Waals surface area contributed by atoms with Gasteiger partial charge in [-0.2, -0.15) is 4.31 Å². The van der Waals surface area contributed by atoms with Gasteiger partial charge < -0.3 is 9.84 Å². The summed E-state index contributed by atoms with van der Waals surface area (Å²) >= 11 is 12.1. The van der Waals surface area contributed by atoms with Crippen LogP contribution in [0, 0.1) is 0 Å². The molecule has 0 amide bonds. The van der Waals surface area contributed by atoms with Crippen LogP contribution in [0.2, 0.25) is 10.0 Å². The molecular formula is C13H18Cl2N2O4S. The summed E-state index contributed by atoms with van der Waals surface area (Å²) in [7, 11) is -2.27. The average molecular weight is 369 g/mol. The lowest BCUT2D eigenvalue weighted by molar-refractivity contribution is 0.151. The standard InChI is InChI=1S/C13H18Cl2N2O4S/c1-21-12-8-11(15)13(9-10(12)14)22(19,20)17-4-2-16(3-5-17)6-7-18/h8-9,18H,2-7H2,1H3. The van der Waals surface area contributed by atoms with E-state index in [1.165, 1.54) is 23.5 Å². The van der Waals surface area contributed by atoms with E-state index in [1.807, 2.05) is 4.90 Å². The van der Waals surface area contributed by atoms with Crippen LogP contribution in [0.25, 0.3) is 0 Å². The molecule has 0 radical (unpaired) electrons. The highest BCUT2D eigenvalue weighted by molar-refractivity contribution is 7.89. The van der Waals surface area contributed by atoms with Gasteiger partial charge in [-0.3, -0.25) is 4.90 Å². The van der Waals surface area contributed by atoms with E-state index in [0.29, 0.717) is 38.5 Å². The Kier molecular flexibility index (Phi) is 5.93. The number of methoxy groups -OCH3 is 1. The first kappa shape index (κ1) is 17.8. The summed E-state index contributed by atoms with van der Waals surface area (Å²) in [5.41, 5.74) is 0. The Morgan fingerprint density at radius 2 is 1.82 bits per heavy atom. The normalized spacial score (nSPS) is 17.6. The van der Waals surface area contributed by atoms with Gasteiger partial charge in [0.2, 0.25) is 10.0 Å². The molecule has 1 saturated heterocycles. The highest BCUT2D eigenvalue weighted by atomic mass is 35.5. The van der Waals surface area contributed by atoms with Crippen LogP contribution >= 0.6 is 23.2 Å². The second kappa shape index (κ2) is 7.33. The largest absolute Gasteiger partial charge is 0.495 e. The van der Waals surface area contributed by atoms with Crippen LogP contribution in [0.1, 0.15) is 0 Å². The molecular weight excluding hydrogens is 351 g/mol. The number of aliphatic hydroxyl groups excluding tert-OH is 1. The lowest BCUT2D eigenvalue weighted by Crippen LogP contribution is -2.49. The Hall–Kier alpha value is -0.570. The molecule has 1 heterocycles. The SMILES string of the molecule is COc1cc(Cl)c(S(=O)(=O)N2CCN(CCO)CC2)cc1Cl. The van der Waals surface area contributed by atoms with E-state index in [-0.39, 0.29) is 21.5 Å². The van der Waals surface area contributed by atoms with Crippen molar-refractivity contribution in [3.05, 3.63) is 22.2 Å². The highest BCUT2D eigenvalue weighted by Gasteiger charge is 2.30. The van der Waals surface area contributed by atoms with Crippen LogP contribution in [0.5, 0.6) is 5.75 Å². The van der Waals surface area contributed by atoms with Crippen molar-refractivity contribution in [2.24, 2.45) is 0 Å². The second-order valence-corrected chi connectivity index (χ2v) is 7.61. The van der Waals surface area contributed by atoms with Gasteiger partial charge >= 0.3 is 0 Å². The predicted molar refractivity (Wildman–Crippen MR) is 85.3 cm³/mol. The molecule has 1 aliphatic heterocycles. The number of nitrogens with zero attached hydrogens (tertiary/aromatic N) is 2. The van der Waals surface area contributed by atoms with Gasteiger partial charge in [0, 0.05) is 38.8 Å². The first-order chi connectivity index (χ1) is 10.4. The minimum absolute atomic E-state index is 0.0180. The molecule has 6 nitrogen and oxygen atoms in total. The number of ether oxygens (including phenoxy) is 1. The lowest BCUT2D eigenvalue weighted by atomic mass is 10.3. The zero-order chi connectivity index (χ0) is 16.3. The van der Waals surface area contributed by atoms with E-state index < -0.39 is 10.0 Å². The lowest BCUT2D eigenvalue weighted by Gasteiger charge is -2.33. The van der Waals surface area contributed by atoms with Crippen LogP contribution in [0.3, 0.4) is 0 Å². The van der Waals surface area contributed by atoms with Crippen LogP contribution in [-0.4, -0.2) is 69.2 Å². The molecule has 0 unspecified atom stereocenters. The van der Waals surface area contributed by atoms with Crippen molar-refractivity contribution in [2.75, 3.05) is 46.4 Å². The fraction of sp³-hybridized carbons (Fsp3) is 0.538. The van der Waals surface area contributed by atoms with E-state index in [2.05, 4.69) is 0 Å². The Balaban J connectivity index is 2.23. The molecule has 1 fully saturated rings. The van der Waals surface area contributed by atoms with Crippen LogP contribution in [-0.2, 0) is 10.0 Å². The Morgan fingerprint density at radius 1 is 1.18 bits per heavy atom. The molecule has 1 aromatic rings. The molecule has 0 aromatic heterocycles. The zero-order valence-electron chi connectivity index (χ0n) is 12.1. The summed E-state index contributed by atoms with van der Waals surface area (Å²) in [5, 5.41) is 9.20. The van der Waals surface area contributed by atoms with Gasteiger partial charge in [0.05, 0.1) is 23.8 Å². The maximum absolute atomic E-state index is 12.7. The molecule has 0 aliphatic carbocycles. The molecule has 2 rings (SSSR count). The number of hydrogen-bond acceptors (Lipinski definition) is 5. The van der Waals surface area contributed by atoms with Gasteiger partial charge in [-0.15, -0.1) is 0 Å². The van der Waals surface area contributed by atoms with E-state index in [4.69, 9.17) is 33.0 Å². The van der Waals surface area contributed by atoms with Crippen molar-refractivity contribution in [3.8, 4) is 5.75 Å². The summed E-state index contributed by atoms with van der Waals surface area (Å²) in [6.07, 6.45) is 0. The van der Waals surface area contributed by atoms with Crippen molar-refractivity contribution >= 4 is 33.2 Å². The fourth-order valence-electron chi connectivity index (χ4n) is 2.34. The minimum atomic E-state index is -3.71. The van der Waals surface area contributed by atoms with Gasteiger partial charge in [0.25, 0.3) is 0 Å². The summed E-state index contributed by atoms with van der Waals surface area (Å²) in [6.45, 7) is 2.45. The summed E-state index contributed by atoms with van der Waals surface area (Å²) in [5.74, 6) is 0.332. The van der Waals surface area contributed by atoms with Crippen molar-refractivity contribution < 1.29 is 18.3 Å². The van der Waals surface area contributed by atoms with E-state index >= 15 is 0 Å². The number of hydrogen-bond donors (Lipinski definition) is 1. The highest BCUT2D eigenvalue weighted by Crippen LogP contribution is 2.34. The number of β-amino-alcohol motifs (C(OH)–C–C–N with tert-alkyl or cyclic N) is 1. The Labute approximate surface area is 140 Å². The summed E-state index contributed by atoms with van der Waals surface area (Å²) < 4.78 is 31.8. The van der Waals surface area contributed by atoms with Gasteiger partial charge in [-0.25, -0.2) is 8.42 Å². The van der Waals surface area contributed by atoms with Gasteiger partial charge in [-0.1, -0.05) is 23.2 Å². The topological polar surface area (TPSA) is 70.1 Å². The Bertz CT molecular complexity index is 631. The van der Waals surface area contributed by atoms with Crippen LogP contribution < -0.4 is 4.74 Å². The number of piperazine rings is 1. The minimum Gasteiger partial charge on any atom is -0.495 e. The van der Waals surface area contributed by atoms with Crippen molar-refractivity contribution in [1.82, 2.24) is 9.21 Å². The van der Waals surface area contributed by atoms with Crippen molar-refractivity contribution in [2.45, 2.75) is 4.90 Å². The molecule has 0 atom stereocenters. The third-order valence-corrected chi connectivity index (χ3v) is 6.23. The third kappa shape index (κ3) is 3.67. The maximum Gasteiger partial charge on any atom is 0.244 e.